The fourth-order valence-corrected chi connectivity index (χ4v) is 3.17. The van der Waals surface area contributed by atoms with E-state index in [2.05, 4.69) is 77.0 Å². The van der Waals surface area contributed by atoms with Crippen molar-refractivity contribution in [2.45, 2.75) is 70.4 Å². The average molecular weight is 601 g/mol. The SMILES string of the molecule is CC/C=C\C/C=C\C/C=C\C/C=C\C/C=C\C/C=C\CCC(=O)NC(CNC(=O)/C=C/C(=O)OC)C(=O)OC(CO)CO. The maximum atomic E-state index is 12.4. The molecule has 0 aliphatic rings. The maximum absolute atomic E-state index is 12.4. The highest BCUT2D eigenvalue weighted by Gasteiger charge is 2.25. The van der Waals surface area contributed by atoms with Crippen LogP contribution in [0, 0.1) is 0 Å². The van der Waals surface area contributed by atoms with Crippen LogP contribution in [0.15, 0.2) is 85.1 Å². The van der Waals surface area contributed by atoms with E-state index >= 15 is 0 Å². The molecular weight excluding hydrogens is 552 g/mol. The van der Waals surface area contributed by atoms with Gasteiger partial charge in [-0.25, -0.2) is 9.59 Å². The minimum atomic E-state index is -1.27. The molecule has 10 nitrogen and oxygen atoms in total. The predicted octanol–water partition coefficient (Wildman–Crippen LogP) is 3.69. The number of ether oxygens (including phenoxy) is 2. The number of amides is 2. The molecule has 10 heteroatoms. The van der Waals surface area contributed by atoms with Crippen molar-refractivity contribution in [2.24, 2.45) is 0 Å². The van der Waals surface area contributed by atoms with Crippen LogP contribution in [0.5, 0.6) is 0 Å². The second kappa shape index (κ2) is 28.1. The zero-order valence-corrected chi connectivity index (χ0v) is 25.4. The maximum Gasteiger partial charge on any atom is 0.330 e. The Kier molecular flexibility index (Phi) is 25.5. The molecule has 1 unspecified atom stereocenters. The van der Waals surface area contributed by atoms with Gasteiger partial charge in [0.05, 0.1) is 20.3 Å². The van der Waals surface area contributed by atoms with Crippen LogP contribution in [0.1, 0.15) is 58.3 Å². The number of aliphatic hydroxyl groups is 2. The summed E-state index contributed by atoms with van der Waals surface area (Å²) in [5, 5.41) is 23.2. The molecule has 0 spiro atoms. The van der Waals surface area contributed by atoms with E-state index in [0.29, 0.717) is 6.42 Å². The molecule has 0 bridgehead atoms. The molecule has 0 radical (unpaired) electrons. The van der Waals surface area contributed by atoms with Crippen molar-refractivity contribution in [3.8, 4) is 0 Å². The van der Waals surface area contributed by atoms with Gasteiger partial charge in [0.25, 0.3) is 0 Å². The van der Waals surface area contributed by atoms with Gasteiger partial charge in [-0.1, -0.05) is 79.8 Å². The summed E-state index contributed by atoms with van der Waals surface area (Å²) in [5.74, 6) is -2.82. The van der Waals surface area contributed by atoms with Gasteiger partial charge in [0.15, 0.2) is 0 Å². The number of rotatable bonds is 23. The largest absolute Gasteiger partial charge is 0.466 e. The molecule has 1 atom stereocenters. The van der Waals surface area contributed by atoms with Gasteiger partial charge in [0.2, 0.25) is 11.8 Å². The van der Waals surface area contributed by atoms with Gasteiger partial charge in [-0.2, -0.15) is 0 Å². The van der Waals surface area contributed by atoms with E-state index in [0.717, 1.165) is 57.8 Å². The third-order valence-electron chi connectivity index (χ3n) is 5.50. The smallest absolute Gasteiger partial charge is 0.330 e. The summed E-state index contributed by atoms with van der Waals surface area (Å²) in [4.78, 5) is 47.9. The fourth-order valence-electron chi connectivity index (χ4n) is 3.17. The Morgan fingerprint density at radius 2 is 1.21 bits per heavy atom. The number of allylic oxidation sites excluding steroid dienone is 12. The molecule has 0 saturated heterocycles. The standard InChI is InChI=1S/C33H48N2O8/c1-3-4-5-6-7-8-9-10-11-12-13-14-15-16-17-18-19-20-21-22-31(39)35-29(33(41)43-28(26-36)27-37)25-34-30(38)23-24-32(40)42-2/h4-5,7-8,10-11,13-14,16-17,19-20,23-24,28-29,36-37H,3,6,9,12,15,18,21-22,25-27H2,1-2H3,(H,34,38)(H,35,39)/b5-4-,8-7-,11-10-,14-13-,17-16-,20-19-,24-23+. The molecule has 0 fully saturated rings. The highest BCUT2D eigenvalue weighted by atomic mass is 16.6. The molecule has 0 heterocycles. The van der Waals surface area contributed by atoms with Crippen molar-refractivity contribution in [3.63, 3.8) is 0 Å². The normalized spacial score (nSPS) is 13.0. The summed E-state index contributed by atoms with van der Waals surface area (Å²) in [5.41, 5.74) is 0. The van der Waals surface area contributed by atoms with Crippen LogP contribution in [-0.2, 0) is 28.7 Å². The van der Waals surface area contributed by atoms with E-state index in [4.69, 9.17) is 14.9 Å². The van der Waals surface area contributed by atoms with Gasteiger partial charge in [0, 0.05) is 25.1 Å². The third kappa shape index (κ3) is 24.3. The van der Waals surface area contributed by atoms with Crippen LogP contribution in [0.4, 0.5) is 0 Å². The molecular formula is C33H48N2O8. The van der Waals surface area contributed by atoms with Crippen LogP contribution < -0.4 is 10.6 Å². The Morgan fingerprint density at radius 3 is 1.67 bits per heavy atom. The Hall–Kier alpha value is -4.02. The first-order chi connectivity index (χ1) is 20.9. The molecule has 43 heavy (non-hydrogen) atoms. The lowest BCUT2D eigenvalue weighted by atomic mass is 10.2. The predicted molar refractivity (Wildman–Crippen MR) is 168 cm³/mol. The molecule has 0 aromatic rings. The van der Waals surface area contributed by atoms with E-state index < -0.39 is 49.1 Å². The van der Waals surface area contributed by atoms with Gasteiger partial charge < -0.3 is 30.3 Å². The van der Waals surface area contributed by atoms with E-state index in [1.54, 1.807) is 0 Å². The van der Waals surface area contributed by atoms with Gasteiger partial charge >= 0.3 is 11.9 Å². The van der Waals surface area contributed by atoms with Crippen molar-refractivity contribution in [3.05, 3.63) is 85.1 Å². The molecule has 238 valence electrons. The van der Waals surface area contributed by atoms with Gasteiger partial charge in [0.1, 0.15) is 12.1 Å². The topological polar surface area (TPSA) is 151 Å². The van der Waals surface area contributed by atoms with Crippen LogP contribution in [0.3, 0.4) is 0 Å². The zero-order chi connectivity index (χ0) is 32.0. The summed E-state index contributed by atoms with van der Waals surface area (Å²) in [6, 6.07) is -1.27. The number of methoxy groups -OCH3 is 1. The summed E-state index contributed by atoms with van der Waals surface area (Å²) in [7, 11) is 1.16. The molecule has 2 amide bonds. The zero-order valence-electron chi connectivity index (χ0n) is 25.4. The van der Waals surface area contributed by atoms with Gasteiger partial charge in [-0.15, -0.1) is 0 Å². The van der Waals surface area contributed by atoms with E-state index in [-0.39, 0.29) is 13.0 Å². The molecule has 0 aromatic heterocycles. The number of hydrogen-bond donors (Lipinski definition) is 4. The second-order valence-corrected chi connectivity index (χ2v) is 9.10. The average Bonchev–Trinajstić information content (AvgIpc) is 3.01. The number of carbonyl (C=O) groups excluding carboxylic acids is 4. The molecule has 0 aromatic carbocycles. The monoisotopic (exact) mass is 600 g/mol. The Morgan fingerprint density at radius 1 is 0.721 bits per heavy atom. The van der Waals surface area contributed by atoms with Crippen LogP contribution in [-0.4, -0.2) is 73.0 Å². The highest BCUT2D eigenvalue weighted by Crippen LogP contribution is 2.00. The summed E-state index contributed by atoms with van der Waals surface area (Å²) >= 11 is 0. The van der Waals surface area contributed by atoms with Crippen molar-refractivity contribution in [1.29, 1.82) is 0 Å². The van der Waals surface area contributed by atoms with E-state index in [9.17, 15) is 19.2 Å². The van der Waals surface area contributed by atoms with Crippen molar-refractivity contribution in [2.75, 3.05) is 26.9 Å². The molecule has 0 rings (SSSR count). The minimum Gasteiger partial charge on any atom is -0.466 e. The molecule has 0 aliphatic heterocycles. The summed E-state index contributed by atoms with van der Waals surface area (Å²) in [6.45, 7) is 0.569. The quantitative estimate of drug-likeness (QED) is 0.0788. The number of carbonyl (C=O) groups is 4. The Balaban J connectivity index is 4.43. The van der Waals surface area contributed by atoms with Crippen LogP contribution in [0.2, 0.25) is 0 Å². The first kappa shape index (κ1) is 39.0. The van der Waals surface area contributed by atoms with Gasteiger partial charge in [-0.3, -0.25) is 9.59 Å². The van der Waals surface area contributed by atoms with Crippen molar-refractivity contribution in [1.82, 2.24) is 10.6 Å². The van der Waals surface area contributed by atoms with Gasteiger partial charge in [-0.05, 0) is 44.9 Å². The highest BCUT2D eigenvalue weighted by molar-refractivity contribution is 5.95. The second-order valence-electron chi connectivity index (χ2n) is 9.10. The minimum absolute atomic E-state index is 0.0889. The Labute approximate surface area is 255 Å². The lowest BCUT2D eigenvalue weighted by molar-refractivity contribution is -0.157. The number of nitrogens with one attached hydrogen (secondary N) is 2. The fraction of sp³-hybridized carbons (Fsp3) is 0.455. The summed E-state index contributed by atoms with van der Waals surface area (Å²) in [6.07, 6.45) is 31.8. The third-order valence-corrected chi connectivity index (χ3v) is 5.50. The van der Waals surface area contributed by atoms with Crippen molar-refractivity contribution < 1.29 is 38.9 Å². The number of esters is 2. The molecule has 0 aliphatic carbocycles. The lowest BCUT2D eigenvalue weighted by Crippen LogP contribution is -2.50. The van der Waals surface area contributed by atoms with Crippen LogP contribution >= 0.6 is 0 Å². The number of aliphatic hydroxyl groups excluding tert-OH is 2. The Bertz CT molecular complexity index is 1000. The summed E-state index contributed by atoms with van der Waals surface area (Å²) < 4.78 is 9.37. The van der Waals surface area contributed by atoms with Crippen molar-refractivity contribution >= 4 is 23.8 Å². The number of hydrogen-bond acceptors (Lipinski definition) is 8. The molecule has 0 saturated carbocycles. The first-order valence-corrected chi connectivity index (χ1v) is 14.5. The van der Waals surface area contributed by atoms with E-state index in [1.807, 2.05) is 18.2 Å². The van der Waals surface area contributed by atoms with E-state index in [1.165, 1.54) is 0 Å². The lowest BCUT2D eigenvalue weighted by Gasteiger charge is -2.20. The first-order valence-electron chi connectivity index (χ1n) is 14.5. The van der Waals surface area contributed by atoms with Crippen LogP contribution in [0.25, 0.3) is 0 Å². The molecule has 4 N–H and O–H groups in total.